The van der Waals surface area contributed by atoms with E-state index in [9.17, 15) is 9.18 Å². The van der Waals surface area contributed by atoms with Gasteiger partial charge in [0.1, 0.15) is 41.1 Å². The van der Waals surface area contributed by atoms with Gasteiger partial charge in [0.15, 0.2) is 24.2 Å². The number of anilines is 1. The summed E-state index contributed by atoms with van der Waals surface area (Å²) in [4.78, 5) is 31.8. The number of aromatic nitrogens is 3. The fourth-order valence-electron chi connectivity index (χ4n) is 8.01. The maximum absolute atomic E-state index is 17.2. The second kappa shape index (κ2) is 13.4. The third-order valence-corrected chi connectivity index (χ3v) is 10.4. The molecule has 0 spiro atoms. The van der Waals surface area contributed by atoms with Gasteiger partial charge in [-0.25, -0.2) is 22.4 Å². The predicted octanol–water partition coefficient (Wildman–Crippen LogP) is 6.79. The first-order valence-corrected chi connectivity index (χ1v) is 17.6. The molecule has 0 radical (unpaired) electrons. The van der Waals surface area contributed by atoms with Crippen molar-refractivity contribution in [3.63, 3.8) is 0 Å². The van der Waals surface area contributed by atoms with E-state index in [4.69, 9.17) is 28.0 Å². The van der Waals surface area contributed by atoms with E-state index in [1.54, 1.807) is 25.7 Å². The molecular formula is C38H42F4N6O5. The van der Waals surface area contributed by atoms with Crippen LogP contribution in [0.5, 0.6) is 11.8 Å². The molecule has 9 rings (SSSR count). The Morgan fingerprint density at radius 1 is 1.08 bits per heavy atom. The zero-order valence-corrected chi connectivity index (χ0v) is 29.8. The number of nitrogens with zero attached hydrogens (tertiary/aromatic N) is 6. The van der Waals surface area contributed by atoms with Crippen molar-refractivity contribution in [2.75, 3.05) is 51.5 Å². The van der Waals surface area contributed by atoms with Crippen LogP contribution < -0.4 is 14.4 Å². The minimum atomic E-state index is -2.41. The normalized spacial score (nSPS) is 27.5. The maximum Gasteiger partial charge on any atom is 0.410 e. The first-order valence-electron chi connectivity index (χ1n) is 19.1. The van der Waals surface area contributed by atoms with Gasteiger partial charge >= 0.3 is 12.1 Å². The summed E-state index contributed by atoms with van der Waals surface area (Å²) in [5.74, 6) is -2.91. The van der Waals surface area contributed by atoms with Crippen LogP contribution >= 0.6 is 0 Å². The Labute approximate surface area is 308 Å². The van der Waals surface area contributed by atoms with Gasteiger partial charge in [0, 0.05) is 59.1 Å². The van der Waals surface area contributed by atoms with Crippen LogP contribution in [0.25, 0.3) is 32.9 Å². The monoisotopic (exact) mass is 741 g/mol. The number of piperazine rings is 1. The van der Waals surface area contributed by atoms with Crippen LogP contribution in [0.2, 0.25) is 0 Å². The van der Waals surface area contributed by atoms with E-state index in [1.807, 2.05) is 4.90 Å². The average molecular weight is 742 g/mol. The number of amides is 1. The first-order chi connectivity index (χ1) is 26.4. The molecule has 5 aliphatic heterocycles. The van der Waals surface area contributed by atoms with Crippen LogP contribution in [0.4, 0.5) is 28.2 Å². The summed E-state index contributed by atoms with van der Waals surface area (Å²) in [7, 11) is 1.41. The van der Waals surface area contributed by atoms with Crippen molar-refractivity contribution < 1.29 is 45.4 Å². The van der Waals surface area contributed by atoms with E-state index < -0.39 is 53.9 Å². The number of methoxy groups -OCH3 is 1. The fourth-order valence-corrected chi connectivity index (χ4v) is 8.01. The van der Waals surface area contributed by atoms with Crippen LogP contribution in [0, 0.1) is 17.5 Å². The number of halogens is 4. The van der Waals surface area contributed by atoms with Crippen molar-refractivity contribution in [3.8, 4) is 23.0 Å². The third kappa shape index (κ3) is 6.45. The van der Waals surface area contributed by atoms with E-state index in [0.29, 0.717) is 25.9 Å². The highest BCUT2D eigenvalue weighted by atomic mass is 19.2. The van der Waals surface area contributed by atoms with E-state index >= 15 is 13.2 Å². The van der Waals surface area contributed by atoms with Crippen LogP contribution in [-0.2, 0) is 9.47 Å². The number of carbonyl (C=O) groups is 1. The molecule has 5 fully saturated rings. The Bertz CT molecular complexity index is 2230. The minimum Gasteiger partial charge on any atom is -0.468 e. The number of benzene rings is 2. The van der Waals surface area contributed by atoms with Gasteiger partial charge in [-0.2, -0.15) is 9.97 Å². The number of piperidine rings is 2. The lowest BCUT2D eigenvalue weighted by Gasteiger charge is -2.51. The fraction of sp³-hybridized carbons (Fsp3) is 0.526. The van der Waals surface area contributed by atoms with Gasteiger partial charge in [0.2, 0.25) is 0 Å². The van der Waals surface area contributed by atoms with Crippen LogP contribution in [-0.4, -0.2) is 107 Å². The molecule has 2 bridgehead atoms. The first kappa shape index (κ1) is 32.0. The Morgan fingerprint density at radius 3 is 2.64 bits per heavy atom. The number of fused-ring (bicyclic) bond motifs is 6. The summed E-state index contributed by atoms with van der Waals surface area (Å²) in [6, 6.07) is 4.28. The number of carbonyl (C=O) groups excluding carboxylic acids is 1. The lowest BCUT2D eigenvalue weighted by atomic mass is 9.91. The van der Waals surface area contributed by atoms with Gasteiger partial charge in [0.05, 0.1) is 18.3 Å². The summed E-state index contributed by atoms with van der Waals surface area (Å²) < 4.78 is 110. The van der Waals surface area contributed by atoms with Crippen molar-refractivity contribution in [1.29, 1.82) is 0 Å². The smallest absolute Gasteiger partial charge is 0.410 e. The zero-order chi connectivity index (χ0) is 39.9. The van der Waals surface area contributed by atoms with Gasteiger partial charge in [-0.3, -0.25) is 9.88 Å². The number of ether oxygens (including phenoxy) is 4. The number of hydrogen-bond donors (Lipinski definition) is 0. The summed E-state index contributed by atoms with van der Waals surface area (Å²) in [5, 5.41) is 0.169. The zero-order valence-electron chi connectivity index (χ0n) is 32.8. The molecule has 282 valence electrons. The number of alkyl halides is 1. The van der Waals surface area contributed by atoms with Crippen molar-refractivity contribution in [2.24, 2.45) is 0 Å². The van der Waals surface area contributed by atoms with Crippen molar-refractivity contribution in [3.05, 3.63) is 47.9 Å². The molecule has 2 aromatic carbocycles. The Morgan fingerprint density at radius 2 is 1.89 bits per heavy atom. The molecule has 2 aromatic heterocycles. The lowest BCUT2D eigenvalue weighted by molar-refractivity contribution is 0.000786. The summed E-state index contributed by atoms with van der Waals surface area (Å²) in [5.41, 5.74) is -2.60. The molecule has 7 heterocycles. The Kier molecular flexibility index (Phi) is 8.09. The maximum atomic E-state index is 17.2. The van der Waals surface area contributed by atoms with Gasteiger partial charge in [-0.15, -0.1) is 0 Å². The third-order valence-electron chi connectivity index (χ3n) is 10.4. The number of rotatable bonds is 8. The van der Waals surface area contributed by atoms with Gasteiger partial charge in [0.25, 0.3) is 0 Å². The Hall–Kier alpha value is -4.50. The molecule has 4 aromatic rings. The molecule has 0 saturated carbocycles. The van der Waals surface area contributed by atoms with E-state index in [-0.39, 0.29) is 95.3 Å². The molecular weight excluding hydrogens is 696 g/mol. The van der Waals surface area contributed by atoms with Crippen molar-refractivity contribution in [2.45, 2.75) is 82.2 Å². The van der Waals surface area contributed by atoms with E-state index in [1.165, 1.54) is 36.4 Å². The van der Waals surface area contributed by atoms with Crippen molar-refractivity contribution >= 4 is 33.6 Å². The standard InChI is InChI=1S/C38H42F4N6O5/c1-37(2,3)53-36(49)48-18-23-7-8-24(48)17-47(23)34-27-15-43-32(26-13-25(52-20-50-4)12-21-6-9-28(40)30(41)29(21)26)31(42)33(27)44-35(45-34)51-19-38-10-5-11-46(38)16-22(39)14-38/h6,9,12-13,15,22-24H,5,7-8,10-11,14,16-20H2,1-4H3/i11D2,22D. The quantitative estimate of drug-likeness (QED) is 0.142. The van der Waals surface area contributed by atoms with Gasteiger partial charge in [-0.05, 0) is 76.5 Å². The van der Waals surface area contributed by atoms with Gasteiger partial charge in [-0.1, -0.05) is 6.07 Å². The average Bonchev–Trinajstić information content (AvgIpc) is 3.56. The SMILES string of the molecule is [2H]C1(F)CN2C([2H])([2H])CCC2(COc2nc(N3CC4CCC3CN4C(=O)OC(C)(C)C)c3cnc(-c4cc(OCOC)cc5ccc(F)c(F)c45)c(F)c3n2)C1. The van der Waals surface area contributed by atoms with E-state index in [0.717, 1.165) is 6.07 Å². The Balaban J connectivity index is 1.24. The minimum absolute atomic E-state index is 0.100. The number of pyridine rings is 1. The summed E-state index contributed by atoms with van der Waals surface area (Å²) in [6.45, 7) is 3.23. The summed E-state index contributed by atoms with van der Waals surface area (Å²) in [6.07, 6.45) is -0.126. The molecule has 0 N–H and O–H groups in total. The second-order valence-corrected chi connectivity index (χ2v) is 15.1. The topological polar surface area (TPSA) is 102 Å². The molecule has 5 saturated heterocycles. The lowest BCUT2D eigenvalue weighted by Crippen LogP contribution is -2.64. The predicted molar refractivity (Wildman–Crippen MR) is 188 cm³/mol. The molecule has 1 amide bonds. The largest absolute Gasteiger partial charge is 0.468 e. The molecule has 11 nitrogen and oxygen atoms in total. The van der Waals surface area contributed by atoms with Crippen molar-refractivity contribution in [1.82, 2.24) is 24.8 Å². The molecule has 0 aliphatic carbocycles. The summed E-state index contributed by atoms with van der Waals surface area (Å²) >= 11 is 0. The highest BCUT2D eigenvalue weighted by Crippen LogP contribution is 2.43. The molecule has 5 aliphatic rings. The number of hydrogen-bond acceptors (Lipinski definition) is 10. The van der Waals surface area contributed by atoms with Crippen LogP contribution in [0.1, 0.15) is 57.0 Å². The highest BCUT2D eigenvalue weighted by molar-refractivity contribution is 6.00. The second-order valence-electron chi connectivity index (χ2n) is 15.1. The van der Waals surface area contributed by atoms with Crippen LogP contribution in [0.3, 0.4) is 0 Å². The van der Waals surface area contributed by atoms with E-state index in [2.05, 4.69) is 9.97 Å². The van der Waals surface area contributed by atoms with Crippen LogP contribution in [0.15, 0.2) is 30.5 Å². The van der Waals surface area contributed by atoms with Gasteiger partial charge < -0.3 is 28.7 Å². The molecule has 4 unspecified atom stereocenters. The highest BCUT2D eigenvalue weighted by Gasteiger charge is 2.50. The molecule has 15 heteroatoms. The molecule has 53 heavy (non-hydrogen) atoms. The molecule has 4 atom stereocenters.